The number of hydrogen-bond acceptors (Lipinski definition) is 5. The minimum absolute atomic E-state index is 0.767. The lowest BCUT2D eigenvalue weighted by Gasteiger charge is -2.13. The van der Waals surface area contributed by atoms with Crippen LogP contribution in [0.4, 0.5) is 0 Å². The molecule has 1 aliphatic rings. The lowest BCUT2D eigenvalue weighted by atomic mass is 10.1. The van der Waals surface area contributed by atoms with Crippen LogP contribution < -0.4 is 5.32 Å². The Morgan fingerprint density at radius 3 is 3.04 bits per heavy atom. The normalized spacial score (nSPS) is 18.6. The van der Waals surface area contributed by atoms with Gasteiger partial charge >= 0.3 is 0 Å². The smallest absolute Gasteiger partial charge is 0.163 e. The molecule has 0 bridgehead atoms. The number of nitrogens with one attached hydrogen (secondary N) is 1. The fourth-order valence-electron chi connectivity index (χ4n) is 3.33. The summed E-state index contributed by atoms with van der Waals surface area (Å²) in [4.78, 5) is 7.17. The zero-order valence-electron chi connectivity index (χ0n) is 14.0. The van der Waals surface area contributed by atoms with Crippen LogP contribution in [0.25, 0.3) is 21.0 Å². The van der Waals surface area contributed by atoms with Crippen LogP contribution in [0, 0.1) is 5.92 Å². The van der Waals surface area contributed by atoms with Gasteiger partial charge in [0.2, 0.25) is 0 Å². The van der Waals surface area contributed by atoms with Gasteiger partial charge in [0, 0.05) is 6.54 Å². The SMILES string of the molecule is CCN1CCC(CNCc2ccc(-c3nc4ccccc4s3)o2)C1. The molecule has 4 rings (SSSR count). The number of rotatable bonds is 6. The van der Waals surface area contributed by atoms with Crippen molar-refractivity contribution in [3.63, 3.8) is 0 Å². The first-order chi connectivity index (χ1) is 11.8. The van der Waals surface area contributed by atoms with Crippen molar-refractivity contribution in [2.45, 2.75) is 19.9 Å². The third-order valence-electron chi connectivity index (χ3n) is 4.72. The molecular formula is C19H23N3OS. The maximum Gasteiger partial charge on any atom is 0.163 e. The number of furan rings is 1. The first-order valence-corrected chi connectivity index (χ1v) is 9.51. The largest absolute Gasteiger partial charge is 0.457 e. The molecule has 1 aliphatic heterocycles. The van der Waals surface area contributed by atoms with Gasteiger partial charge in [-0.05, 0) is 56.2 Å². The summed E-state index contributed by atoms with van der Waals surface area (Å²) in [6.45, 7) is 7.72. The summed E-state index contributed by atoms with van der Waals surface area (Å²) < 4.78 is 7.18. The van der Waals surface area contributed by atoms with Crippen molar-refractivity contribution in [1.29, 1.82) is 0 Å². The molecular weight excluding hydrogens is 318 g/mol. The van der Waals surface area contributed by atoms with Crippen molar-refractivity contribution >= 4 is 21.6 Å². The highest BCUT2D eigenvalue weighted by Gasteiger charge is 2.20. The van der Waals surface area contributed by atoms with E-state index in [9.17, 15) is 0 Å². The first-order valence-electron chi connectivity index (χ1n) is 8.69. The van der Waals surface area contributed by atoms with Crippen LogP contribution in [0.1, 0.15) is 19.1 Å². The minimum atomic E-state index is 0.767. The van der Waals surface area contributed by atoms with E-state index in [0.29, 0.717) is 0 Å². The Labute approximate surface area is 146 Å². The highest BCUT2D eigenvalue weighted by atomic mass is 32.1. The number of nitrogens with zero attached hydrogens (tertiary/aromatic N) is 2. The molecule has 1 unspecified atom stereocenters. The molecule has 24 heavy (non-hydrogen) atoms. The summed E-state index contributed by atoms with van der Waals surface area (Å²) in [6, 6.07) is 12.3. The molecule has 1 saturated heterocycles. The van der Waals surface area contributed by atoms with Crippen molar-refractivity contribution in [3.8, 4) is 10.8 Å². The summed E-state index contributed by atoms with van der Waals surface area (Å²) in [7, 11) is 0. The van der Waals surface area contributed by atoms with Crippen LogP contribution in [0.15, 0.2) is 40.8 Å². The molecule has 1 N–H and O–H groups in total. The van der Waals surface area contributed by atoms with E-state index in [1.54, 1.807) is 11.3 Å². The van der Waals surface area contributed by atoms with E-state index in [4.69, 9.17) is 4.42 Å². The highest BCUT2D eigenvalue weighted by molar-refractivity contribution is 7.21. The standard InChI is InChI=1S/C19H23N3OS/c1-2-22-10-9-14(13-22)11-20-12-15-7-8-17(23-15)19-21-16-5-3-4-6-18(16)24-19/h3-8,14,20H,2,9-13H2,1H3. The number of thiazole rings is 1. The van der Waals surface area contributed by atoms with Gasteiger partial charge in [0.15, 0.2) is 10.8 Å². The zero-order chi connectivity index (χ0) is 16.4. The molecule has 0 amide bonds. The van der Waals surface area contributed by atoms with Crippen LogP contribution in [0.5, 0.6) is 0 Å². The Morgan fingerprint density at radius 2 is 2.21 bits per heavy atom. The Hall–Kier alpha value is -1.69. The summed E-state index contributed by atoms with van der Waals surface area (Å²) in [5.74, 6) is 2.62. The van der Waals surface area contributed by atoms with Crippen LogP contribution >= 0.6 is 11.3 Å². The van der Waals surface area contributed by atoms with Crippen molar-refractivity contribution < 1.29 is 4.42 Å². The fourth-order valence-corrected chi connectivity index (χ4v) is 4.26. The first kappa shape index (κ1) is 15.8. The Balaban J connectivity index is 1.35. The molecule has 126 valence electrons. The molecule has 1 fully saturated rings. The van der Waals surface area contributed by atoms with Crippen LogP contribution in [-0.4, -0.2) is 36.1 Å². The van der Waals surface area contributed by atoms with Gasteiger partial charge < -0.3 is 14.6 Å². The maximum atomic E-state index is 5.98. The van der Waals surface area contributed by atoms with Gasteiger partial charge in [-0.3, -0.25) is 0 Å². The number of hydrogen-bond donors (Lipinski definition) is 1. The third kappa shape index (κ3) is 3.38. The molecule has 0 spiro atoms. The van der Waals surface area contributed by atoms with E-state index in [1.165, 1.54) is 30.8 Å². The second-order valence-electron chi connectivity index (χ2n) is 6.43. The van der Waals surface area contributed by atoms with Gasteiger partial charge in [-0.15, -0.1) is 11.3 Å². The monoisotopic (exact) mass is 341 g/mol. The molecule has 1 atom stereocenters. The predicted octanol–water partition coefficient (Wildman–Crippen LogP) is 3.99. The summed E-state index contributed by atoms with van der Waals surface area (Å²) >= 11 is 1.68. The van der Waals surface area contributed by atoms with E-state index in [2.05, 4.69) is 34.3 Å². The third-order valence-corrected chi connectivity index (χ3v) is 5.77. The van der Waals surface area contributed by atoms with Gasteiger partial charge in [-0.2, -0.15) is 0 Å². The molecule has 2 aromatic heterocycles. The molecule has 3 aromatic rings. The second-order valence-corrected chi connectivity index (χ2v) is 7.46. The molecule has 1 aromatic carbocycles. The van der Waals surface area contributed by atoms with E-state index in [-0.39, 0.29) is 0 Å². The van der Waals surface area contributed by atoms with Crippen LogP contribution in [0.2, 0.25) is 0 Å². The molecule has 0 aliphatic carbocycles. The minimum Gasteiger partial charge on any atom is -0.457 e. The summed E-state index contributed by atoms with van der Waals surface area (Å²) in [5, 5.41) is 4.50. The van der Waals surface area contributed by atoms with Crippen LogP contribution in [0.3, 0.4) is 0 Å². The molecule has 3 heterocycles. The highest BCUT2D eigenvalue weighted by Crippen LogP contribution is 2.31. The number of benzene rings is 1. The summed E-state index contributed by atoms with van der Waals surface area (Å²) in [6.07, 6.45) is 1.30. The number of para-hydroxylation sites is 1. The topological polar surface area (TPSA) is 41.3 Å². The summed E-state index contributed by atoms with van der Waals surface area (Å²) in [5.41, 5.74) is 1.04. The van der Waals surface area contributed by atoms with Crippen molar-refractivity contribution in [1.82, 2.24) is 15.2 Å². The Kier molecular flexibility index (Phi) is 4.65. The predicted molar refractivity (Wildman–Crippen MR) is 99.2 cm³/mol. The average Bonchev–Trinajstić information content (AvgIpc) is 3.33. The van der Waals surface area contributed by atoms with Gasteiger partial charge in [-0.25, -0.2) is 4.98 Å². The van der Waals surface area contributed by atoms with Gasteiger partial charge in [0.25, 0.3) is 0 Å². The van der Waals surface area contributed by atoms with Crippen molar-refractivity contribution in [2.24, 2.45) is 5.92 Å². The Bertz CT molecular complexity index is 777. The van der Waals surface area contributed by atoms with Gasteiger partial charge in [0.1, 0.15) is 5.76 Å². The second kappa shape index (κ2) is 7.05. The van der Waals surface area contributed by atoms with Crippen LogP contribution in [-0.2, 0) is 6.54 Å². The average molecular weight is 341 g/mol. The number of likely N-dealkylation sites (tertiary alicyclic amines) is 1. The zero-order valence-corrected chi connectivity index (χ0v) is 14.8. The van der Waals surface area contributed by atoms with Gasteiger partial charge in [0.05, 0.1) is 16.8 Å². The van der Waals surface area contributed by atoms with Crippen molar-refractivity contribution in [2.75, 3.05) is 26.2 Å². The lowest BCUT2D eigenvalue weighted by molar-refractivity contribution is 0.337. The van der Waals surface area contributed by atoms with E-state index in [0.717, 1.165) is 41.1 Å². The number of fused-ring (bicyclic) bond motifs is 1. The fraction of sp³-hybridized carbons (Fsp3) is 0.421. The quantitative estimate of drug-likeness (QED) is 0.736. The van der Waals surface area contributed by atoms with Gasteiger partial charge in [-0.1, -0.05) is 19.1 Å². The molecule has 5 heteroatoms. The lowest BCUT2D eigenvalue weighted by Crippen LogP contribution is -2.26. The van der Waals surface area contributed by atoms with E-state index in [1.807, 2.05) is 24.3 Å². The van der Waals surface area contributed by atoms with E-state index < -0.39 is 0 Å². The molecule has 4 nitrogen and oxygen atoms in total. The number of aromatic nitrogens is 1. The van der Waals surface area contributed by atoms with E-state index >= 15 is 0 Å². The maximum absolute atomic E-state index is 5.98. The molecule has 0 radical (unpaired) electrons. The van der Waals surface area contributed by atoms with Crippen molar-refractivity contribution in [3.05, 3.63) is 42.2 Å². The Morgan fingerprint density at radius 1 is 1.29 bits per heavy atom. The molecule has 0 saturated carbocycles.